The minimum absolute atomic E-state index is 0.210. The van der Waals surface area contributed by atoms with E-state index in [1.165, 1.54) is 14.2 Å². The zero-order chi connectivity index (χ0) is 18.5. The fraction of sp³-hybridized carbons (Fsp3) is 0.238. The lowest BCUT2D eigenvalue weighted by Gasteiger charge is -2.22. The molecule has 0 N–H and O–H groups in total. The van der Waals surface area contributed by atoms with Crippen molar-refractivity contribution in [2.45, 2.75) is 19.3 Å². The molecule has 5 nitrogen and oxygen atoms in total. The molecule has 5 heteroatoms. The molecular weight excluding hydrogens is 332 g/mol. The first-order valence-electron chi connectivity index (χ1n) is 8.40. The van der Waals surface area contributed by atoms with E-state index in [1.807, 2.05) is 30.3 Å². The van der Waals surface area contributed by atoms with E-state index >= 15 is 0 Å². The Morgan fingerprint density at radius 3 is 2.46 bits per heavy atom. The largest absolute Gasteiger partial charge is 0.465 e. The van der Waals surface area contributed by atoms with Gasteiger partial charge in [0.1, 0.15) is 5.76 Å². The van der Waals surface area contributed by atoms with Crippen LogP contribution in [0.5, 0.6) is 0 Å². The van der Waals surface area contributed by atoms with E-state index in [0.29, 0.717) is 17.8 Å². The van der Waals surface area contributed by atoms with E-state index in [2.05, 4.69) is 0 Å². The molecule has 0 amide bonds. The molecule has 1 aromatic carbocycles. The number of methoxy groups -OCH3 is 2. The van der Waals surface area contributed by atoms with Gasteiger partial charge in [0.25, 0.3) is 0 Å². The lowest BCUT2D eigenvalue weighted by atomic mass is 9.87. The predicted octanol–water partition coefficient (Wildman–Crippen LogP) is 3.69. The summed E-state index contributed by atoms with van der Waals surface area (Å²) in [5.41, 5.74) is 2.82. The number of carbonyl (C=O) groups is 2. The highest BCUT2D eigenvalue weighted by molar-refractivity contribution is 6.08. The van der Waals surface area contributed by atoms with Crippen molar-refractivity contribution in [3.63, 3.8) is 0 Å². The number of rotatable bonds is 3. The highest BCUT2D eigenvalue weighted by Gasteiger charge is 2.29. The van der Waals surface area contributed by atoms with E-state index in [-0.39, 0.29) is 11.1 Å². The van der Waals surface area contributed by atoms with Crippen LogP contribution in [0.4, 0.5) is 0 Å². The van der Waals surface area contributed by atoms with Crippen molar-refractivity contribution in [2.24, 2.45) is 0 Å². The van der Waals surface area contributed by atoms with Gasteiger partial charge in [-0.2, -0.15) is 0 Å². The SMILES string of the molecule is COC(=O)C1=C/CCCC2=COC(c3ccccc3)=C\C2=C\1C(=O)OC. The lowest BCUT2D eigenvalue weighted by molar-refractivity contribution is -0.139. The van der Waals surface area contributed by atoms with Crippen molar-refractivity contribution in [1.82, 2.24) is 0 Å². The monoisotopic (exact) mass is 352 g/mol. The van der Waals surface area contributed by atoms with E-state index in [1.54, 1.807) is 18.4 Å². The van der Waals surface area contributed by atoms with Crippen LogP contribution >= 0.6 is 0 Å². The van der Waals surface area contributed by atoms with Crippen molar-refractivity contribution in [3.05, 3.63) is 76.6 Å². The van der Waals surface area contributed by atoms with Crippen LogP contribution in [0.25, 0.3) is 5.76 Å². The third kappa shape index (κ3) is 3.47. The van der Waals surface area contributed by atoms with Gasteiger partial charge in [0.2, 0.25) is 0 Å². The molecule has 0 fully saturated rings. The fourth-order valence-electron chi connectivity index (χ4n) is 3.04. The second kappa shape index (κ2) is 7.87. The summed E-state index contributed by atoms with van der Waals surface area (Å²) in [6.45, 7) is 0. The van der Waals surface area contributed by atoms with Crippen LogP contribution in [0.3, 0.4) is 0 Å². The Bertz CT molecular complexity index is 840. The number of ether oxygens (including phenoxy) is 3. The van der Waals surface area contributed by atoms with Crippen LogP contribution in [0, 0.1) is 0 Å². The van der Waals surface area contributed by atoms with Crippen LogP contribution in [-0.4, -0.2) is 26.2 Å². The van der Waals surface area contributed by atoms with Crippen LogP contribution < -0.4 is 0 Å². The minimum Gasteiger partial charge on any atom is -0.465 e. The van der Waals surface area contributed by atoms with Crippen LogP contribution in [0.1, 0.15) is 24.8 Å². The molecule has 0 spiro atoms. The van der Waals surface area contributed by atoms with Gasteiger partial charge < -0.3 is 14.2 Å². The third-order valence-corrected chi connectivity index (χ3v) is 4.34. The van der Waals surface area contributed by atoms with Gasteiger partial charge >= 0.3 is 11.9 Å². The summed E-state index contributed by atoms with van der Waals surface area (Å²) in [5, 5.41) is 0. The van der Waals surface area contributed by atoms with E-state index < -0.39 is 11.9 Å². The van der Waals surface area contributed by atoms with Crippen molar-refractivity contribution < 1.29 is 23.8 Å². The smallest absolute Gasteiger partial charge is 0.339 e. The molecule has 0 saturated carbocycles. The van der Waals surface area contributed by atoms with Gasteiger partial charge in [-0.1, -0.05) is 36.4 Å². The Labute approximate surface area is 152 Å². The summed E-state index contributed by atoms with van der Waals surface area (Å²) in [4.78, 5) is 24.8. The molecule has 2 aliphatic rings. The number of allylic oxidation sites excluding steroid dienone is 4. The second-order valence-corrected chi connectivity index (χ2v) is 5.92. The van der Waals surface area contributed by atoms with Crippen molar-refractivity contribution in [2.75, 3.05) is 14.2 Å². The molecule has 0 radical (unpaired) electrons. The number of carbonyl (C=O) groups excluding carboxylic acids is 2. The maximum Gasteiger partial charge on any atom is 0.339 e. The Hall–Kier alpha value is -3.08. The molecule has 0 atom stereocenters. The molecule has 0 aromatic heterocycles. The van der Waals surface area contributed by atoms with Crippen LogP contribution in [0.2, 0.25) is 0 Å². The first kappa shape index (κ1) is 17.7. The lowest BCUT2D eigenvalue weighted by Crippen LogP contribution is -2.19. The topological polar surface area (TPSA) is 61.8 Å². The number of benzene rings is 1. The molecule has 1 heterocycles. The standard InChI is InChI=1S/C21H20O5/c1-24-20(22)16-11-7-6-10-15-13-26-18(14-8-4-3-5-9-14)12-17(15)19(16)21(23)25-2/h3-5,8-9,11-13H,6-7,10H2,1-2H3/b16-11+,19-17+. The Morgan fingerprint density at radius 2 is 1.77 bits per heavy atom. The molecule has 0 saturated heterocycles. The summed E-state index contributed by atoms with van der Waals surface area (Å²) in [6.07, 6.45) is 7.42. The Balaban J connectivity index is 2.21. The van der Waals surface area contributed by atoms with Crippen LogP contribution in [0.15, 0.2) is 71.0 Å². The van der Waals surface area contributed by atoms with Gasteiger partial charge in [-0.25, -0.2) is 9.59 Å². The quantitative estimate of drug-likeness (QED) is 0.777. The molecule has 3 rings (SSSR count). The van der Waals surface area contributed by atoms with Gasteiger partial charge in [-0.15, -0.1) is 0 Å². The van der Waals surface area contributed by atoms with Gasteiger partial charge in [-0.3, -0.25) is 0 Å². The van der Waals surface area contributed by atoms with Crippen LogP contribution in [-0.2, 0) is 23.8 Å². The zero-order valence-corrected chi connectivity index (χ0v) is 14.8. The second-order valence-electron chi connectivity index (χ2n) is 5.92. The molecule has 1 aliphatic carbocycles. The fourth-order valence-corrected chi connectivity index (χ4v) is 3.04. The number of hydrogen-bond donors (Lipinski definition) is 0. The zero-order valence-electron chi connectivity index (χ0n) is 14.8. The highest BCUT2D eigenvalue weighted by Crippen LogP contribution is 2.36. The van der Waals surface area contributed by atoms with Crippen molar-refractivity contribution in [3.8, 4) is 0 Å². The molecule has 0 unspecified atom stereocenters. The normalized spacial score (nSPS) is 21.5. The summed E-state index contributed by atoms with van der Waals surface area (Å²) in [7, 11) is 2.60. The van der Waals surface area contributed by atoms with Crippen molar-refractivity contribution in [1.29, 1.82) is 0 Å². The summed E-state index contributed by atoms with van der Waals surface area (Å²) in [6, 6.07) is 9.58. The maximum atomic E-state index is 12.5. The van der Waals surface area contributed by atoms with Gasteiger partial charge in [0.15, 0.2) is 0 Å². The minimum atomic E-state index is -0.574. The molecule has 0 bridgehead atoms. The molecule has 1 aliphatic heterocycles. The number of esters is 2. The van der Waals surface area contributed by atoms with Crippen molar-refractivity contribution >= 4 is 17.7 Å². The number of hydrogen-bond acceptors (Lipinski definition) is 5. The maximum absolute atomic E-state index is 12.5. The number of fused-ring (bicyclic) bond motifs is 1. The predicted molar refractivity (Wildman–Crippen MR) is 96.6 cm³/mol. The molecule has 1 aromatic rings. The first-order valence-corrected chi connectivity index (χ1v) is 8.40. The average Bonchev–Trinajstić information content (AvgIpc) is 2.68. The van der Waals surface area contributed by atoms with E-state index in [0.717, 1.165) is 24.0 Å². The Kier molecular flexibility index (Phi) is 5.37. The van der Waals surface area contributed by atoms with E-state index in [4.69, 9.17) is 14.2 Å². The summed E-state index contributed by atoms with van der Waals surface area (Å²) < 4.78 is 15.6. The summed E-state index contributed by atoms with van der Waals surface area (Å²) >= 11 is 0. The highest BCUT2D eigenvalue weighted by atomic mass is 16.5. The molecule has 134 valence electrons. The Morgan fingerprint density at radius 1 is 1.04 bits per heavy atom. The van der Waals surface area contributed by atoms with Gasteiger partial charge in [0, 0.05) is 5.56 Å². The summed E-state index contributed by atoms with van der Waals surface area (Å²) in [5.74, 6) is -0.522. The first-order chi connectivity index (χ1) is 12.7. The third-order valence-electron chi connectivity index (χ3n) is 4.34. The van der Waals surface area contributed by atoms with Gasteiger partial charge in [-0.05, 0) is 36.5 Å². The van der Waals surface area contributed by atoms with E-state index in [9.17, 15) is 9.59 Å². The average molecular weight is 352 g/mol. The molecule has 26 heavy (non-hydrogen) atoms. The van der Waals surface area contributed by atoms with Gasteiger partial charge in [0.05, 0.1) is 31.6 Å². The molecular formula is C21H20O5.